The van der Waals surface area contributed by atoms with Gasteiger partial charge in [0, 0.05) is 19.1 Å². The molecule has 2 saturated heterocycles. The number of hydrogen-bond acceptors (Lipinski definition) is 3. The third kappa shape index (κ3) is 4.78. The van der Waals surface area contributed by atoms with Crippen molar-refractivity contribution in [3.05, 3.63) is 0 Å². The molecular weight excluding hydrogens is 285 g/mol. The molecule has 0 aliphatic carbocycles. The van der Waals surface area contributed by atoms with Crippen LogP contribution in [0.25, 0.3) is 0 Å². The molecule has 0 aromatic rings. The molecule has 1 atom stereocenters. The van der Waals surface area contributed by atoms with Gasteiger partial charge in [0.15, 0.2) is 0 Å². The topological polar surface area (TPSA) is 49.6 Å². The Kier molecular flexibility index (Phi) is 7.66. The molecule has 0 spiro atoms. The van der Waals surface area contributed by atoms with E-state index in [0.717, 1.165) is 19.5 Å². The largest absolute Gasteiger partial charge is 0.339 e. The second-order valence-electron chi connectivity index (χ2n) is 6.01. The van der Waals surface area contributed by atoms with Gasteiger partial charge in [-0.3, -0.25) is 9.69 Å². The predicted molar refractivity (Wildman–Crippen MR) is 83.2 cm³/mol. The Morgan fingerprint density at radius 1 is 1.11 bits per heavy atom. The fraction of sp³-hybridized carbons (Fsp3) is 0.923. The summed E-state index contributed by atoms with van der Waals surface area (Å²) < 4.78 is 0. The van der Waals surface area contributed by atoms with E-state index in [1.807, 2.05) is 4.90 Å². The van der Waals surface area contributed by atoms with Gasteiger partial charge >= 0.3 is 0 Å². The lowest BCUT2D eigenvalue weighted by Gasteiger charge is -2.32. The summed E-state index contributed by atoms with van der Waals surface area (Å²) in [5.41, 5.74) is 5.15. The van der Waals surface area contributed by atoms with Crippen molar-refractivity contribution in [3.8, 4) is 0 Å². The molecule has 0 radical (unpaired) electrons. The number of carbonyl (C=O) groups excluding carboxylic acids is 1. The van der Waals surface area contributed by atoms with E-state index >= 15 is 0 Å². The van der Waals surface area contributed by atoms with E-state index in [1.165, 1.54) is 32.4 Å². The standard InChI is InChI=1S/C13H25N3O.2ClH/c1-13(2,14)12(17)16-9-6-11(10-16)15-7-4-3-5-8-15;;/h11H,3-10,14H2,1-2H3;2*1H. The Balaban J connectivity index is 0.00000162. The van der Waals surface area contributed by atoms with Crippen molar-refractivity contribution < 1.29 is 4.79 Å². The zero-order valence-electron chi connectivity index (χ0n) is 11.9. The SMILES string of the molecule is CC(C)(N)C(=O)N1CCC(N2CCCCC2)C1.Cl.Cl. The Bertz CT molecular complexity index is 288. The Morgan fingerprint density at radius 3 is 2.21 bits per heavy atom. The highest BCUT2D eigenvalue weighted by molar-refractivity contribution is 5.86. The summed E-state index contributed by atoms with van der Waals surface area (Å²) in [4.78, 5) is 16.6. The third-order valence-corrected chi connectivity index (χ3v) is 3.91. The molecule has 0 bridgehead atoms. The summed E-state index contributed by atoms with van der Waals surface area (Å²) in [5.74, 6) is 0.0945. The van der Waals surface area contributed by atoms with Crippen LogP contribution in [0.15, 0.2) is 0 Å². The van der Waals surface area contributed by atoms with E-state index < -0.39 is 5.54 Å². The van der Waals surface area contributed by atoms with Crippen molar-refractivity contribution in [2.75, 3.05) is 26.2 Å². The molecule has 2 fully saturated rings. The van der Waals surface area contributed by atoms with E-state index in [4.69, 9.17) is 5.73 Å². The molecule has 1 amide bonds. The second-order valence-corrected chi connectivity index (χ2v) is 6.01. The van der Waals surface area contributed by atoms with Crippen LogP contribution in [-0.4, -0.2) is 53.5 Å². The van der Waals surface area contributed by atoms with Crippen LogP contribution >= 0.6 is 24.8 Å². The lowest BCUT2D eigenvalue weighted by molar-refractivity contribution is -0.134. The van der Waals surface area contributed by atoms with E-state index in [9.17, 15) is 4.79 Å². The Hall–Kier alpha value is -0.0300. The molecule has 0 aromatic heterocycles. The molecule has 2 aliphatic heterocycles. The third-order valence-electron chi connectivity index (χ3n) is 3.91. The van der Waals surface area contributed by atoms with Gasteiger partial charge < -0.3 is 10.6 Å². The predicted octanol–water partition coefficient (Wildman–Crippen LogP) is 1.65. The molecule has 2 N–H and O–H groups in total. The summed E-state index contributed by atoms with van der Waals surface area (Å²) in [6, 6.07) is 0.571. The average Bonchev–Trinajstić information content (AvgIpc) is 2.77. The van der Waals surface area contributed by atoms with Crippen molar-refractivity contribution in [2.45, 2.75) is 51.1 Å². The van der Waals surface area contributed by atoms with Crippen LogP contribution in [0, 0.1) is 0 Å². The lowest BCUT2D eigenvalue weighted by Crippen LogP contribution is -2.51. The molecule has 2 aliphatic rings. The van der Waals surface area contributed by atoms with Gasteiger partial charge in [-0.05, 0) is 46.2 Å². The summed E-state index contributed by atoms with van der Waals surface area (Å²) >= 11 is 0. The van der Waals surface area contributed by atoms with Gasteiger partial charge in [0.1, 0.15) is 0 Å². The van der Waals surface area contributed by atoms with Gasteiger partial charge in [0.2, 0.25) is 5.91 Å². The van der Waals surface area contributed by atoms with Crippen molar-refractivity contribution in [2.24, 2.45) is 5.73 Å². The van der Waals surface area contributed by atoms with Gasteiger partial charge in [-0.2, -0.15) is 0 Å². The van der Waals surface area contributed by atoms with Crippen molar-refractivity contribution in [1.82, 2.24) is 9.80 Å². The first kappa shape index (κ1) is 19.0. The molecule has 19 heavy (non-hydrogen) atoms. The monoisotopic (exact) mass is 311 g/mol. The van der Waals surface area contributed by atoms with Crippen LogP contribution in [0.3, 0.4) is 0 Å². The van der Waals surface area contributed by atoms with Crippen molar-refractivity contribution in [3.63, 3.8) is 0 Å². The number of halogens is 2. The highest BCUT2D eigenvalue weighted by Gasteiger charge is 2.35. The van der Waals surface area contributed by atoms with Crippen LogP contribution in [-0.2, 0) is 4.79 Å². The maximum Gasteiger partial charge on any atom is 0.242 e. The quantitative estimate of drug-likeness (QED) is 0.843. The Morgan fingerprint density at radius 2 is 1.68 bits per heavy atom. The summed E-state index contributed by atoms with van der Waals surface area (Å²) in [6.07, 6.45) is 5.10. The first-order valence-corrected chi connectivity index (χ1v) is 6.81. The zero-order valence-corrected chi connectivity index (χ0v) is 13.6. The van der Waals surface area contributed by atoms with Crippen LogP contribution in [0.2, 0.25) is 0 Å². The van der Waals surface area contributed by atoms with E-state index in [-0.39, 0.29) is 30.7 Å². The van der Waals surface area contributed by atoms with E-state index in [1.54, 1.807) is 13.8 Å². The molecule has 6 heteroatoms. The number of rotatable bonds is 2. The normalized spacial score (nSPS) is 24.6. The maximum atomic E-state index is 12.1. The van der Waals surface area contributed by atoms with Crippen molar-refractivity contribution in [1.29, 1.82) is 0 Å². The fourth-order valence-electron chi connectivity index (χ4n) is 2.92. The highest BCUT2D eigenvalue weighted by Crippen LogP contribution is 2.21. The minimum atomic E-state index is -0.725. The summed E-state index contributed by atoms with van der Waals surface area (Å²) in [6.45, 7) is 7.75. The number of hydrogen-bond donors (Lipinski definition) is 1. The number of likely N-dealkylation sites (tertiary alicyclic amines) is 2. The molecule has 2 heterocycles. The zero-order chi connectivity index (χ0) is 12.5. The number of amides is 1. The minimum absolute atomic E-state index is 0. The minimum Gasteiger partial charge on any atom is -0.339 e. The Labute approximate surface area is 128 Å². The maximum absolute atomic E-state index is 12.1. The smallest absolute Gasteiger partial charge is 0.242 e. The van der Waals surface area contributed by atoms with Gasteiger partial charge in [0.05, 0.1) is 5.54 Å². The molecule has 2 rings (SSSR count). The molecule has 4 nitrogen and oxygen atoms in total. The molecule has 114 valence electrons. The molecule has 1 unspecified atom stereocenters. The summed E-state index contributed by atoms with van der Waals surface area (Å²) in [7, 11) is 0. The van der Waals surface area contributed by atoms with Gasteiger partial charge in [-0.15, -0.1) is 24.8 Å². The number of nitrogens with zero attached hydrogens (tertiary/aromatic N) is 2. The van der Waals surface area contributed by atoms with Crippen LogP contribution < -0.4 is 5.73 Å². The number of nitrogens with two attached hydrogens (primary N) is 1. The highest BCUT2D eigenvalue weighted by atomic mass is 35.5. The first-order valence-electron chi connectivity index (χ1n) is 6.81. The molecule has 0 aromatic carbocycles. The fourth-order valence-corrected chi connectivity index (χ4v) is 2.92. The lowest BCUT2D eigenvalue weighted by atomic mass is 10.1. The number of piperidine rings is 1. The van der Waals surface area contributed by atoms with Crippen LogP contribution in [0.1, 0.15) is 39.5 Å². The van der Waals surface area contributed by atoms with E-state index in [0.29, 0.717) is 6.04 Å². The molecule has 0 saturated carbocycles. The van der Waals surface area contributed by atoms with Gasteiger partial charge in [-0.25, -0.2) is 0 Å². The van der Waals surface area contributed by atoms with Gasteiger partial charge in [0.25, 0.3) is 0 Å². The van der Waals surface area contributed by atoms with Crippen LogP contribution in [0.4, 0.5) is 0 Å². The average molecular weight is 312 g/mol. The van der Waals surface area contributed by atoms with Crippen molar-refractivity contribution >= 4 is 30.7 Å². The number of carbonyl (C=O) groups is 1. The molecular formula is C13H27Cl2N3O. The van der Waals surface area contributed by atoms with Crippen LogP contribution in [0.5, 0.6) is 0 Å². The second kappa shape index (κ2) is 7.67. The van der Waals surface area contributed by atoms with Gasteiger partial charge in [-0.1, -0.05) is 6.42 Å². The first-order chi connectivity index (χ1) is 7.98. The summed E-state index contributed by atoms with van der Waals surface area (Å²) in [5, 5.41) is 0. The van der Waals surface area contributed by atoms with E-state index in [2.05, 4.69) is 4.90 Å².